The number of nitrogens with one attached hydrogen (secondary N) is 3. The summed E-state index contributed by atoms with van der Waals surface area (Å²) in [5.41, 5.74) is 0. The second-order valence-electron chi connectivity index (χ2n) is 14.5. The summed E-state index contributed by atoms with van der Waals surface area (Å²) in [5.74, 6) is 4.19. The van der Waals surface area contributed by atoms with Crippen LogP contribution in [0, 0.1) is 28.6 Å². The normalized spacial score (nSPS) is 27.7. The molecular weight excluding hydrogens is 504 g/mol. The van der Waals surface area contributed by atoms with Gasteiger partial charge in [-0.3, -0.25) is 10.8 Å². The van der Waals surface area contributed by atoms with Crippen LogP contribution in [0.25, 0.3) is 0 Å². The smallest absolute Gasteiger partial charge is 0.194 e. The zero-order valence-corrected chi connectivity index (χ0v) is 27.1. The highest BCUT2D eigenvalue weighted by molar-refractivity contribution is 5.80. The van der Waals surface area contributed by atoms with Crippen molar-refractivity contribution in [2.24, 2.45) is 17.8 Å². The van der Waals surface area contributed by atoms with Gasteiger partial charge in [0.05, 0.1) is 0 Å². The molecule has 2 aliphatic heterocycles. The number of unbranched alkanes of at least 4 members (excludes halogenated alkanes) is 6. The molecule has 2 saturated carbocycles. The largest absolute Gasteiger partial charge is 0.354 e. The van der Waals surface area contributed by atoms with Crippen molar-refractivity contribution in [2.45, 2.75) is 161 Å². The fourth-order valence-electron chi connectivity index (χ4n) is 8.56. The molecule has 3 N–H and O–H groups in total. The molecule has 0 spiro atoms. The topological polar surface area (TPSA) is 69.5 Å². The molecule has 4 atom stereocenters. The Balaban J connectivity index is 1.18. The average molecular weight is 571 g/mol. The van der Waals surface area contributed by atoms with E-state index >= 15 is 0 Å². The molecule has 0 radical (unpaired) electrons. The Kier molecular flexibility index (Phi) is 13.9. The Morgan fingerprint density at radius 3 is 2.22 bits per heavy atom. The quantitative estimate of drug-likeness (QED) is 0.145. The van der Waals surface area contributed by atoms with Crippen LogP contribution in [0.5, 0.6) is 0 Å². The van der Waals surface area contributed by atoms with Gasteiger partial charge in [-0.2, -0.15) is 0 Å². The first-order chi connectivity index (χ1) is 20.0. The first-order valence-corrected chi connectivity index (χ1v) is 18.2. The van der Waals surface area contributed by atoms with Gasteiger partial charge < -0.3 is 20.0 Å². The van der Waals surface area contributed by atoms with Gasteiger partial charge in [0, 0.05) is 44.8 Å². The van der Waals surface area contributed by atoms with Crippen molar-refractivity contribution in [3.63, 3.8) is 0 Å². The molecule has 0 bridgehead atoms. The molecule has 0 amide bonds. The Hall–Kier alpha value is -1.46. The van der Waals surface area contributed by atoms with E-state index in [9.17, 15) is 0 Å². The van der Waals surface area contributed by atoms with Crippen molar-refractivity contribution in [1.82, 2.24) is 20.0 Å². The molecular formula is C35H66N6. The number of guanidine groups is 2. The van der Waals surface area contributed by atoms with Gasteiger partial charge in [0.15, 0.2) is 11.9 Å². The predicted molar refractivity (Wildman–Crippen MR) is 175 cm³/mol. The third-order valence-corrected chi connectivity index (χ3v) is 11.0. The van der Waals surface area contributed by atoms with Crippen molar-refractivity contribution in [2.75, 3.05) is 32.7 Å². The van der Waals surface area contributed by atoms with Crippen LogP contribution in [-0.4, -0.2) is 71.4 Å². The number of nitrogens with zero attached hydrogens (tertiary/aromatic N) is 3. The van der Waals surface area contributed by atoms with Crippen LogP contribution in [-0.2, 0) is 0 Å². The third kappa shape index (κ3) is 10.3. The third-order valence-electron chi connectivity index (χ3n) is 11.0. The number of rotatable bonds is 18. The van der Waals surface area contributed by atoms with Crippen LogP contribution >= 0.6 is 0 Å². The predicted octanol–water partition coefficient (Wildman–Crippen LogP) is 8.22. The summed E-state index contributed by atoms with van der Waals surface area (Å²) in [6.45, 7) is 9.91. The Morgan fingerprint density at radius 2 is 1.41 bits per heavy atom. The van der Waals surface area contributed by atoms with Gasteiger partial charge in [-0.25, -0.2) is 0 Å². The minimum atomic E-state index is 0.482. The summed E-state index contributed by atoms with van der Waals surface area (Å²) in [7, 11) is 0. The van der Waals surface area contributed by atoms with Gasteiger partial charge in [0.2, 0.25) is 0 Å². The molecule has 2 heterocycles. The van der Waals surface area contributed by atoms with Gasteiger partial charge >= 0.3 is 0 Å². The molecule has 2 aliphatic carbocycles. The van der Waals surface area contributed by atoms with Gasteiger partial charge in [0.25, 0.3) is 0 Å². The summed E-state index contributed by atoms with van der Waals surface area (Å²) >= 11 is 0. The summed E-state index contributed by atoms with van der Waals surface area (Å²) in [6, 6.07) is 1.03. The fraction of sp³-hybridized carbons (Fsp3) is 0.943. The fourth-order valence-corrected chi connectivity index (χ4v) is 8.56. The van der Waals surface area contributed by atoms with Crippen LogP contribution in [0.1, 0.15) is 149 Å². The van der Waals surface area contributed by atoms with E-state index in [2.05, 4.69) is 33.9 Å². The van der Waals surface area contributed by atoms with Crippen LogP contribution in [0.15, 0.2) is 0 Å². The molecule has 0 aromatic heterocycles. The lowest BCUT2D eigenvalue weighted by molar-refractivity contribution is 0.212. The van der Waals surface area contributed by atoms with Gasteiger partial charge in [-0.05, 0) is 62.7 Å². The highest BCUT2D eigenvalue weighted by Crippen LogP contribution is 2.34. The van der Waals surface area contributed by atoms with Crippen molar-refractivity contribution in [3.05, 3.63) is 0 Å². The second kappa shape index (κ2) is 17.6. The highest BCUT2D eigenvalue weighted by atomic mass is 15.4. The summed E-state index contributed by atoms with van der Waals surface area (Å²) in [4.78, 5) is 7.28. The second-order valence-corrected chi connectivity index (χ2v) is 14.5. The van der Waals surface area contributed by atoms with Crippen molar-refractivity contribution >= 4 is 11.9 Å². The van der Waals surface area contributed by atoms with E-state index in [1.165, 1.54) is 135 Å². The lowest BCUT2D eigenvalue weighted by Gasteiger charge is -2.32. The molecule has 0 aromatic carbocycles. The van der Waals surface area contributed by atoms with E-state index in [0.717, 1.165) is 56.4 Å². The van der Waals surface area contributed by atoms with Gasteiger partial charge in [-0.15, -0.1) is 0 Å². The average Bonchev–Trinajstić information content (AvgIpc) is 3.47. The van der Waals surface area contributed by atoms with Crippen LogP contribution in [0.4, 0.5) is 0 Å². The monoisotopic (exact) mass is 571 g/mol. The zero-order chi connectivity index (χ0) is 28.9. The lowest BCUT2D eigenvalue weighted by Crippen LogP contribution is -2.38. The standard InChI is InChI=1S/C35H66N6/c1-3-4-5-6-12-24-41-33(26-31-20-15-16-29(2)25-31)28-39(35(41)37)22-13-11-21-32-27-38-34(36)40(32)23-14-10-19-30-17-8-7-9-18-30/h29-33,37H,3-28H2,1-2H3,(H2,36,38)/t29?,31?,32-,33-/m0/s1. The van der Waals surface area contributed by atoms with Crippen LogP contribution < -0.4 is 5.32 Å². The summed E-state index contributed by atoms with van der Waals surface area (Å²) in [5, 5.41) is 20.9. The summed E-state index contributed by atoms with van der Waals surface area (Å²) < 4.78 is 0. The molecule has 0 aromatic rings. The van der Waals surface area contributed by atoms with E-state index in [0.29, 0.717) is 18.0 Å². The maximum Gasteiger partial charge on any atom is 0.194 e. The van der Waals surface area contributed by atoms with Gasteiger partial charge in [0.1, 0.15) is 0 Å². The summed E-state index contributed by atoms with van der Waals surface area (Å²) in [6.07, 6.45) is 28.2. The van der Waals surface area contributed by atoms with E-state index in [1.54, 1.807) is 0 Å². The van der Waals surface area contributed by atoms with Crippen molar-refractivity contribution < 1.29 is 0 Å². The molecule has 6 heteroatoms. The lowest BCUT2D eigenvalue weighted by atomic mass is 9.79. The highest BCUT2D eigenvalue weighted by Gasteiger charge is 2.36. The molecule has 236 valence electrons. The molecule has 6 nitrogen and oxygen atoms in total. The zero-order valence-electron chi connectivity index (χ0n) is 27.1. The SMILES string of the molecule is CCCCCCCN1C(=N)N(CCCC[C@H]2CNC(=N)N2CCCCC2CCCCC2)C[C@@H]1CC1CCCC(C)C1. The van der Waals surface area contributed by atoms with Gasteiger partial charge in [-0.1, -0.05) is 104 Å². The molecule has 4 fully saturated rings. The number of hydrogen-bond acceptors (Lipinski definition) is 2. The van der Waals surface area contributed by atoms with E-state index in [4.69, 9.17) is 10.8 Å². The molecule has 2 saturated heterocycles. The Labute approximate surface area is 253 Å². The van der Waals surface area contributed by atoms with E-state index in [1.807, 2.05) is 0 Å². The number of hydrogen-bond donors (Lipinski definition) is 3. The first kappa shape index (κ1) is 32.5. The molecule has 2 unspecified atom stereocenters. The van der Waals surface area contributed by atoms with Crippen molar-refractivity contribution in [3.8, 4) is 0 Å². The maximum atomic E-state index is 9.10. The Bertz CT molecular complexity index is 764. The van der Waals surface area contributed by atoms with E-state index < -0.39 is 0 Å². The minimum Gasteiger partial charge on any atom is -0.354 e. The minimum absolute atomic E-state index is 0.482. The maximum absolute atomic E-state index is 9.10. The molecule has 4 rings (SSSR count). The van der Waals surface area contributed by atoms with Crippen LogP contribution in [0.2, 0.25) is 0 Å². The van der Waals surface area contributed by atoms with E-state index in [-0.39, 0.29) is 0 Å². The molecule has 41 heavy (non-hydrogen) atoms. The molecule has 4 aliphatic rings. The Morgan fingerprint density at radius 1 is 0.707 bits per heavy atom. The first-order valence-electron chi connectivity index (χ1n) is 18.2. The van der Waals surface area contributed by atoms with Crippen molar-refractivity contribution in [1.29, 1.82) is 10.8 Å². The van der Waals surface area contributed by atoms with Crippen LogP contribution in [0.3, 0.4) is 0 Å².